The maximum atomic E-state index is 12.1. The second-order valence-corrected chi connectivity index (χ2v) is 6.20. The Morgan fingerprint density at radius 1 is 1.00 bits per heavy atom. The lowest BCUT2D eigenvalue weighted by molar-refractivity contribution is -0.147. The Labute approximate surface area is 174 Å². The molecule has 0 aliphatic rings. The van der Waals surface area contributed by atoms with Crippen LogP contribution in [-0.2, 0) is 16.1 Å². The summed E-state index contributed by atoms with van der Waals surface area (Å²) in [4.78, 5) is 24.4. The first-order valence-corrected chi connectivity index (χ1v) is 9.38. The summed E-state index contributed by atoms with van der Waals surface area (Å²) in [6.07, 6.45) is 0. The fourth-order valence-corrected chi connectivity index (χ4v) is 2.56. The summed E-state index contributed by atoms with van der Waals surface area (Å²) in [7, 11) is 0. The van der Waals surface area contributed by atoms with E-state index in [1.165, 1.54) is 0 Å². The van der Waals surface area contributed by atoms with Crippen LogP contribution in [0.3, 0.4) is 0 Å². The smallest absolute Gasteiger partial charge is 0.344 e. The molecule has 0 atom stereocenters. The molecule has 0 spiro atoms. The zero-order valence-corrected chi connectivity index (χ0v) is 16.8. The maximum absolute atomic E-state index is 12.1. The number of anilines is 3. The summed E-state index contributed by atoms with van der Waals surface area (Å²) in [6.45, 7) is 3.88. The van der Waals surface area contributed by atoms with Crippen molar-refractivity contribution in [3.63, 3.8) is 0 Å². The Morgan fingerprint density at radius 2 is 1.70 bits per heavy atom. The summed E-state index contributed by atoms with van der Waals surface area (Å²) in [5, 5.41) is 3.08. The SMILES string of the molecule is CCOc1ccccc1OCC(=O)OCc1nc(N)nc(Nc2ccccc2C)n1. The normalized spacial score (nSPS) is 10.3. The number of rotatable bonds is 9. The van der Waals surface area contributed by atoms with Crippen molar-refractivity contribution in [1.82, 2.24) is 15.0 Å². The van der Waals surface area contributed by atoms with Gasteiger partial charge in [-0.3, -0.25) is 0 Å². The number of esters is 1. The summed E-state index contributed by atoms with van der Waals surface area (Å²) in [5.41, 5.74) is 7.62. The van der Waals surface area contributed by atoms with E-state index in [4.69, 9.17) is 19.9 Å². The van der Waals surface area contributed by atoms with E-state index in [0.717, 1.165) is 11.3 Å². The number of nitrogens with two attached hydrogens (primary N) is 1. The molecule has 0 unspecified atom stereocenters. The van der Waals surface area contributed by atoms with Crippen molar-refractivity contribution in [2.75, 3.05) is 24.3 Å². The van der Waals surface area contributed by atoms with Crippen LogP contribution in [0, 0.1) is 6.92 Å². The first kappa shape index (κ1) is 20.8. The largest absolute Gasteiger partial charge is 0.490 e. The second kappa shape index (κ2) is 10.1. The molecule has 2 aromatic carbocycles. The molecule has 156 valence electrons. The summed E-state index contributed by atoms with van der Waals surface area (Å²) in [6, 6.07) is 14.8. The minimum absolute atomic E-state index is 0.0222. The molecule has 0 radical (unpaired) electrons. The van der Waals surface area contributed by atoms with Gasteiger partial charge in [-0.1, -0.05) is 30.3 Å². The zero-order valence-electron chi connectivity index (χ0n) is 16.8. The van der Waals surface area contributed by atoms with E-state index in [1.807, 2.05) is 44.2 Å². The molecular weight excluding hydrogens is 386 g/mol. The second-order valence-electron chi connectivity index (χ2n) is 6.20. The fraction of sp³-hybridized carbons (Fsp3) is 0.238. The molecule has 0 fully saturated rings. The predicted octanol–water partition coefficient (Wildman–Crippen LogP) is 3.03. The van der Waals surface area contributed by atoms with E-state index in [2.05, 4.69) is 20.3 Å². The van der Waals surface area contributed by atoms with Gasteiger partial charge in [0.2, 0.25) is 11.9 Å². The van der Waals surface area contributed by atoms with Gasteiger partial charge in [0.15, 0.2) is 30.5 Å². The number of benzene rings is 2. The van der Waals surface area contributed by atoms with Gasteiger partial charge in [0.25, 0.3) is 0 Å². The highest BCUT2D eigenvalue weighted by atomic mass is 16.6. The number of aromatic nitrogens is 3. The third kappa shape index (κ3) is 5.81. The van der Waals surface area contributed by atoms with E-state index >= 15 is 0 Å². The lowest BCUT2D eigenvalue weighted by Gasteiger charge is -2.11. The van der Waals surface area contributed by atoms with Crippen LogP contribution in [0.25, 0.3) is 0 Å². The summed E-state index contributed by atoms with van der Waals surface area (Å²) < 4.78 is 16.1. The van der Waals surface area contributed by atoms with E-state index < -0.39 is 5.97 Å². The minimum atomic E-state index is -0.575. The van der Waals surface area contributed by atoms with Crippen molar-refractivity contribution >= 4 is 23.6 Å². The Bertz CT molecular complexity index is 1010. The number of para-hydroxylation sites is 3. The topological polar surface area (TPSA) is 121 Å². The highest BCUT2D eigenvalue weighted by molar-refractivity contribution is 5.71. The van der Waals surface area contributed by atoms with Crippen molar-refractivity contribution in [3.05, 3.63) is 59.9 Å². The van der Waals surface area contributed by atoms with Crippen molar-refractivity contribution in [1.29, 1.82) is 0 Å². The van der Waals surface area contributed by atoms with Gasteiger partial charge in [-0.2, -0.15) is 15.0 Å². The van der Waals surface area contributed by atoms with Gasteiger partial charge in [-0.25, -0.2) is 4.79 Å². The van der Waals surface area contributed by atoms with Gasteiger partial charge in [-0.15, -0.1) is 0 Å². The van der Waals surface area contributed by atoms with Crippen LogP contribution in [0.1, 0.15) is 18.3 Å². The molecule has 0 aliphatic heterocycles. The molecule has 3 rings (SSSR count). The van der Waals surface area contributed by atoms with Gasteiger partial charge in [0.05, 0.1) is 6.61 Å². The molecular formula is C21H23N5O4. The van der Waals surface area contributed by atoms with Crippen LogP contribution in [-0.4, -0.2) is 34.1 Å². The van der Waals surface area contributed by atoms with Gasteiger partial charge < -0.3 is 25.3 Å². The van der Waals surface area contributed by atoms with Gasteiger partial charge in [0.1, 0.15) is 0 Å². The molecule has 0 aliphatic carbocycles. The highest BCUT2D eigenvalue weighted by Crippen LogP contribution is 2.26. The average molecular weight is 409 g/mol. The standard InChI is InChI=1S/C21H23N5O4/c1-3-28-16-10-6-7-11-17(16)29-13-19(27)30-12-18-24-20(22)26-21(25-18)23-15-9-5-4-8-14(15)2/h4-11H,3,12-13H2,1-2H3,(H3,22,23,24,25,26). The van der Waals surface area contributed by atoms with Crippen LogP contribution in [0.2, 0.25) is 0 Å². The lowest BCUT2D eigenvalue weighted by atomic mass is 10.2. The summed E-state index contributed by atoms with van der Waals surface area (Å²) in [5.74, 6) is 0.962. The number of carbonyl (C=O) groups is 1. The van der Waals surface area contributed by atoms with Crippen LogP contribution < -0.4 is 20.5 Å². The van der Waals surface area contributed by atoms with Crippen LogP contribution in [0.15, 0.2) is 48.5 Å². The quantitative estimate of drug-likeness (QED) is 0.514. The number of nitrogens with one attached hydrogen (secondary N) is 1. The van der Waals surface area contributed by atoms with Gasteiger partial charge in [-0.05, 0) is 37.6 Å². The Kier molecular flexibility index (Phi) is 6.99. The maximum Gasteiger partial charge on any atom is 0.344 e. The van der Waals surface area contributed by atoms with E-state index in [-0.39, 0.29) is 30.9 Å². The molecule has 3 N–H and O–H groups in total. The zero-order chi connectivity index (χ0) is 21.3. The molecule has 0 bridgehead atoms. The van der Waals surface area contributed by atoms with Crippen LogP contribution >= 0.6 is 0 Å². The Hall–Kier alpha value is -3.88. The number of carbonyl (C=O) groups excluding carboxylic acids is 1. The Morgan fingerprint density at radius 3 is 2.43 bits per heavy atom. The molecule has 0 amide bonds. The van der Waals surface area contributed by atoms with Crippen molar-refractivity contribution in [3.8, 4) is 11.5 Å². The van der Waals surface area contributed by atoms with Crippen molar-refractivity contribution in [2.45, 2.75) is 20.5 Å². The molecule has 9 nitrogen and oxygen atoms in total. The lowest BCUT2D eigenvalue weighted by Crippen LogP contribution is -2.17. The van der Waals surface area contributed by atoms with Gasteiger partial charge in [0, 0.05) is 5.69 Å². The van der Waals surface area contributed by atoms with Crippen LogP contribution in [0.5, 0.6) is 11.5 Å². The fourth-order valence-electron chi connectivity index (χ4n) is 2.56. The Balaban J connectivity index is 1.57. The van der Waals surface area contributed by atoms with Gasteiger partial charge >= 0.3 is 5.97 Å². The molecule has 1 heterocycles. The molecule has 9 heteroatoms. The molecule has 1 aromatic heterocycles. The first-order valence-electron chi connectivity index (χ1n) is 9.38. The molecule has 3 aromatic rings. The number of nitrogen functional groups attached to an aromatic ring is 1. The molecule has 0 saturated carbocycles. The monoisotopic (exact) mass is 409 g/mol. The number of hydrogen-bond donors (Lipinski definition) is 2. The van der Waals surface area contributed by atoms with Crippen molar-refractivity contribution in [2.24, 2.45) is 0 Å². The number of aryl methyl sites for hydroxylation is 1. The average Bonchev–Trinajstić information content (AvgIpc) is 2.73. The van der Waals surface area contributed by atoms with Crippen LogP contribution in [0.4, 0.5) is 17.6 Å². The van der Waals surface area contributed by atoms with Crippen molar-refractivity contribution < 1.29 is 19.0 Å². The minimum Gasteiger partial charge on any atom is -0.490 e. The van der Waals surface area contributed by atoms with E-state index in [9.17, 15) is 4.79 Å². The number of ether oxygens (including phenoxy) is 3. The third-order valence-corrected chi connectivity index (χ3v) is 3.95. The first-order chi connectivity index (χ1) is 14.5. The highest BCUT2D eigenvalue weighted by Gasteiger charge is 2.11. The van der Waals surface area contributed by atoms with E-state index in [0.29, 0.717) is 18.1 Å². The van der Waals surface area contributed by atoms with E-state index in [1.54, 1.807) is 18.2 Å². The third-order valence-electron chi connectivity index (χ3n) is 3.95. The molecule has 0 saturated heterocycles. The predicted molar refractivity (Wildman–Crippen MR) is 112 cm³/mol. The number of hydrogen-bond acceptors (Lipinski definition) is 9. The molecule has 30 heavy (non-hydrogen) atoms. The number of nitrogens with zero attached hydrogens (tertiary/aromatic N) is 3. The summed E-state index contributed by atoms with van der Waals surface area (Å²) >= 11 is 0.